The number of rotatable bonds is 4. The van der Waals surface area contributed by atoms with Gasteiger partial charge < -0.3 is 19.8 Å². The van der Waals surface area contributed by atoms with E-state index >= 15 is 0 Å². The Kier molecular flexibility index (Phi) is 4.32. The summed E-state index contributed by atoms with van der Waals surface area (Å²) in [6, 6.07) is 0. The maximum atomic E-state index is 11.8. The molecule has 0 spiro atoms. The van der Waals surface area contributed by atoms with Crippen molar-refractivity contribution in [3.63, 3.8) is 0 Å². The third-order valence-electron chi connectivity index (χ3n) is 2.99. The maximum Gasteiger partial charge on any atom is 0.330 e. The number of nitrogens with one attached hydrogen (secondary N) is 1. The lowest BCUT2D eigenvalue weighted by Crippen LogP contribution is -2.34. The van der Waals surface area contributed by atoms with Crippen LogP contribution in [-0.4, -0.2) is 51.9 Å². The first-order valence-electron chi connectivity index (χ1n) is 5.93. The van der Waals surface area contributed by atoms with E-state index in [-0.39, 0.29) is 18.6 Å². The lowest BCUT2D eigenvalue weighted by atomic mass is 10.2. The number of nitrogens with zero attached hydrogens (tertiary/aromatic N) is 2. The zero-order valence-corrected chi connectivity index (χ0v) is 10.7. The van der Waals surface area contributed by atoms with Gasteiger partial charge in [-0.1, -0.05) is 5.16 Å². The van der Waals surface area contributed by atoms with E-state index in [1.165, 1.54) is 13.3 Å². The number of aliphatic hydroxyl groups excluding tert-OH is 2. The Morgan fingerprint density at radius 2 is 2.40 bits per heavy atom. The SMILES string of the molecule is CON=Cc1cn([C@H]2C[C@H](O)[C@@H](CO)O2)c(=O)[nH]c1=O. The van der Waals surface area contributed by atoms with Crippen molar-refractivity contribution in [1.29, 1.82) is 0 Å². The molecule has 3 N–H and O–H groups in total. The third kappa shape index (κ3) is 2.79. The van der Waals surface area contributed by atoms with Crippen LogP contribution in [-0.2, 0) is 9.57 Å². The van der Waals surface area contributed by atoms with Crippen molar-refractivity contribution in [2.75, 3.05) is 13.7 Å². The highest BCUT2D eigenvalue weighted by atomic mass is 16.6. The van der Waals surface area contributed by atoms with Gasteiger partial charge in [0.1, 0.15) is 19.4 Å². The molecule has 0 aromatic carbocycles. The molecule has 2 heterocycles. The number of ether oxygens (including phenoxy) is 1. The van der Waals surface area contributed by atoms with Crippen molar-refractivity contribution in [1.82, 2.24) is 9.55 Å². The van der Waals surface area contributed by atoms with Crippen LogP contribution in [0.2, 0.25) is 0 Å². The Morgan fingerprint density at radius 3 is 3.00 bits per heavy atom. The minimum atomic E-state index is -0.875. The molecule has 0 radical (unpaired) electrons. The normalized spacial score (nSPS) is 26.2. The monoisotopic (exact) mass is 285 g/mol. The van der Waals surface area contributed by atoms with Crippen LogP contribution in [0.3, 0.4) is 0 Å². The lowest BCUT2D eigenvalue weighted by Gasteiger charge is -2.14. The second kappa shape index (κ2) is 5.99. The summed E-state index contributed by atoms with van der Waals surface area (Å²) < 4.78 is 6.49. The van der Waals surface area contributed by atoms with Gasteiger partial charge in [-0.05, 0) is 0 Å². The molecule has 1 aromatic heterocycles. The molecule has 20 heavy (non-hydrogen) atoms. The van der Waals surface area contributed by atoms with E-state index in [1.807, 2.05) is 0 Å². The van der Waals surface area contributed by atoms with Crippen molar-refractivity contribution < 1.29 is 19.8 Å². The zero-order chi connectivity index (χ0) is 14.7. The summed E-state index contributed by atoms with van der Waals surface area (Å²) in [6.07, 6.45) is 0.166. The Morgan fingerprint density at radius 1 is 1.65 bits per heavy atom. The van der Waals surface area contributed by atoms with Crippen LogP contribution in [0.25, 0.3) is 0 Å². The molecule has 3 atom stereocenters. The third-order valence-corrected chi connectivity index (χ3v) is 2.99. The first-order chi connectivity index (χ1) is 9.56. The molecule has 2 rings (SSSR count). The number of aliphatic hydroxyl groups is 2. The summed E-state index contributed by atoms with van der Waals surface area (Å²) in [5.74, 6) is 0. The van der Waals surface area contributed by atoms with Crippen LogP contribution in [0.4, 0.5) is 0 Å². The minimum Gasteiger partial charge on any atom is -0.399 e. The van der Waals surface area contributed by atoms with Crippen LogP contribution < -0.4 is 11.2 Å². The average molecular weight is 285 g/mol. The quantitative estimate of drug-likeness (QED) is 0.441. The Balaban J connectivity index is 2.35. The average Bonchev–Trinajstić information content (AvgIpc) is 2.79. The van der Waals surface area contributed by atoms with Crippen LogP contribution in [0.15, 0.2) is 20.9 Å². The maximum absolute atomic E-state index is 11.8. The standard InChI is InChI=1S/C11H15N3O6/c1-19-12-3-6-4-14(11(18)13-10(6)17)9-2-7(16)8(5-15)20-9/h3-4,7-9,15-16H,2,5H2,1H3,(H,13,17,18)/t7-,8+,9+/m0/s1. The molecule has 1 saturated heterocycles. The molecule has 9 heteroatoms. The molecule has 110 valence electrons. The van der Waals surface area contributed by atoms with Gasteiger partial charge in [0.05, 0.1) is 24.5 Å². The fraction of sp³-hybridized carbons (Fsp3) is 0.545. The van der Waals surface area contributed by atoms with Crippen LogP contribution in [0.5, 0.6) is 0 Å². The summed E-state index contributed by atoms with van der Waals surface area (Å²) in [4.78, 5) is 29.9. The van der Waals surface area contributed by atoms with Crippen molar-refractivity contribution >= 4 is 6.21 Å². The summed E-state index contributed by atoms with van der Waals surface area (Å²) in [5, 5.41) is 22.1. The van der Waals surface area contributed by atoms with Crippen LogP contribution in [0.1, 0.15) is 18.2 Å². The molecule has 1 fully saturated rings. The summed E-state index contributed by atoms with van der Waals surface area (Å²) in [5.41, 5.74) is -1.17. The number of oxime groups is 1. The highest BCUT2D eigenvalue weighted by molar-refractivity contribution is 5.77. The van der Waals surface area contributed by atoms with Gasteiger partial charge in [0, 0.05) is 12.6 Å². The highest BCUT2D eigenvalue weighted by Crippen LogP contribution is 2.27. The molecule has 0 unspecified atom stereocenters. The van der Waals surface area contributed by atoms with E-state index in [2.05, 4.69) is 15.0 Å². The van der Waals surface area contributed by atoms with Gasteiger partial charge in [-0.25, -0.2) is 4.79 Å². The number of hydrogen-bond acceptors (Lipinski definition) is 7. The van der Waals surface area contributed by atoms with E-state index in [4.69, 9.17) is 9.84 Å². The molecular weight excluding hydrogens is 270 g/mol. The lowest BCUT2D eigenvalue weighted by molar-refractivity contribution is -0.0459. The van der Waals surface area contributed by atoms with Crippen LogP contribution >= 0.6 is 0 Å². The largest absolute Gasteiger partial charge is 0.399 e. The molecule has 0 aliphatic carbocycles. The van der Waals surface area contributed by atoms with E-state index in [9.17, 15) is 14.7 Å². The second-order valence-electron chi connectivity index (χ2n) is 4.28. The number of hydrogen-bond donors (Lipinski definition) is 3. The summed E-state index contributed by atoms with van der Waals surface area (Å²) >= 11 is 0. The van der Waals surface area contributed by atoms with E-state index < -0.39 is 29.7 Å². The van der Waals surface area contributed by atoms with Gasteiger partial charge in [-0.15, -0.1) is 0 Å². The number of H-pyrrole nitrogens is 1. The predicted octanol–water partition coefficient (Wildman–Crippen LogP) is -1.84. The smallest absolute Gasteiger partial charge is 0.330 e. The first kappa shape index (κ1) is 14.4. The number of aromatic nitrogens is 2. The van der Waals surface area contributed by atoms with Gasteiger partial charge in [0.2, 0.25) is 0 Å². The van der Waals surface area contributed by atoms with Gasteiger partial charge in [0.25, 0.3) is 5.56 Å². The van der Waals surface area contributed by atoms with Crippen molar-refractivity contribution in [2.45, 2.75) is 24.9 Å². The minimum absolute atomic E-state index is 0.108. The van der Waals surface area contributed by atoms with Crippen LogP contribution in [0, 0.1) is 0 Å². The number of aromatic amines is 1. The van der Waals surface area contributed by atoms with Crippen molar-refractivity contribution in [2.24, 2.45) is 5.16 Å². The van der Waals surface area contributed by atoms with Crippen molar-refractivity contribution in [3.05, 3.63) is 32.6 Å². The first-order valence-corrected chi connectivity index (χ1v) is 5.93. The molecule has 1 aromatic rings. The fourth-order valence-electron chi connectivity index (χ4n) is 1.97. The Labute approximate surface area is 113 Å². The molecular formula is C11H15N3O6. The highest BCUT2D eigenvalue weighted by Gasteiger charge is 2.35. The van der Waals surface area contributed by atoms with E-state index in [0.717, 1.165) is 10.8 Å². The van der Waals surface area contributed by atoms with Gasteiger partial charge in [0.15, 0.2) is 0 Å². The van der Waals surface area contributed by atoms with E-state index in [0.29, 0.717) is 0 Å². The molecule has 0 bridgehead atoms. The molecule has 1 aliphatic rings. The fourth-order valence-corrected chi connectivity index (χ4v) is 1.97. The van der Waals surface area contributed by atoms with Crippen molar-refractivity contribution in [3.8, 4) is 0 Å². The predicted molar refractivity (Wildman–Crippen MR) is 67.5 cm³/mol. The molecule has 1 aliphatic heterocycles. The molecule has 0 saturated carbocycles. The molecule has 9 nitrogen and oxygen atoms in total. The second-order valence-corrected chi connectivity index (χ2v) is 4.28. The van der Waals surface area contributed by atoms with Gasteiger partial charge in [-0.3, -0.25) is 14.3 Å². The van der Waals surface area contributed by atoms with E-state index in [1.54, 1.807) is 0 Å². The molecule has 0 amide bonds. The Bertz CT molecular complexity index is 607. The van der Waals surface area contributed by atoms with Gasteiger partial charge >= 0.3 is 5.69 Å². The summed E-state index contributed by atoms with van der Waals surface area (Å²) in [6.45, 7) is -0.353. The Hall–Kier alpha value is -1.97. The summed E-state index contributed by atoms with van der Waals surface area (Å²) in [7, 11) is 1.32. The topological polar surface area (TPSA) is 126 Å². The zero-order valence-electron chi connectivity index (χ0n) is 10.7. The van der Waals surface area contributed by atoms with Gasteiger partial charge in [-0.2, -0.15) is 0 Å².